The molecule has 1 saturated heterocycles. The molecule has 0 bridgehead atoms. The molecule has 4 heteroatoms. The first-order valence-electron chi connectivity index (χ1n) is 7.04. The molecule has 1 aromatic carbocycles. The molecular formula is C16H18FN3. The average molecular weight is 271 g/mol. The number of piperidine rings is 1. The van der Waals surface area contributed by atoms with Crippen LogP contribution in [0.15, 0.2) is 42.9 Å². The Labute approximate surface area is 118 Å². The summed E-state index contributed by atoms with van der Waals surface area (Å²) in [6, 6.07) is 6.86. The van der Waals surface area contributed by atoms with Gasteiger partial charge in [0.15, 0.2) is 0 Å². The Bertz CT molecular complexity index is 559. The highest BCUT2D eigenvalue weighted by molar-refractivity contribution is 5.16. The van der Waals surface area contributed by atoms with Crippen molar-refractivity contribution >= 4 is 0 Å². The molecule has 0 radical (unpaired) electrons. The molecular weight excluding hydrogens is 253 g/mol. The van der Waals surface area contributed by atoms with E-state index in [1.807, 2.05) is 12.3 Å². The Balaban J connectivity index is 1.66. The molecule has 1 fully saturated rings. The van der Waals surface area contributed by atoms with Gasteiger partial charge in [0.25, 0.3) is 0 Å². The van der Waals surface area contributed by atoms with Crippen molar-refractivity contribution in [2.45, 2.75) is 25.3 Å². The van der Waals surface area contributed by atoms with Gasteiger partial charge in [-0.15, -0.1) is 0 Å². The summed E-state index contributed by atoms with van der Waals surface area (Å²) in [5.41, 5.74) is 2.10. The SMILES string of the molecule is Fc1cccc(CN2CCC[C@@H](c3cnccn3)C2)c1. The van der Waals surface area contributed by atoms with Gasteiger partial charge in [-0.25, -0.2) is 4.39 Å². The first-order chi connectivity index (χ1) is 9.81. The first-order valence-corrected chi connectivity index (χ1v) is 7.04. The molecule has 0 spiro atoms. The molecule has 3 rings (SSSR count). The fraction of sp³-hybridized carbons (Fsp3) is 0.375. The van der Waals surface area contributed by atoms with Crippen molar-refractivity contribution in [3.8, 4) is 0 Å². The molecule has 0 aliphatic carbocycles. The highest BCUT2D eigenvalue weighted by atomic mass is 19.1. The Morgan fingerprint density at radius 2 is 2.25 bits per heavy atom. The molecule has 1 aromatic heterocycles. The van der Waals surface area contributed by atoms with Crippen LogP contribution in [0.1, 0.15) is 30.0 Å². The molecule has 3 nitrogen and oxygen atoms in total. The zero-order chi connectivity index (χ0) is 13.8. The largest absolute Gasteiger partial charge is 0.298 e. The van der Waals surface area contributed by atoms with Crippen LogP contribution in [0.2, 0.25) is 0 Å². The molecule has 104 valence electrons. The minimum atomic E-state index is -0.162. The summed E-state index contributed by atoms with van der Waals surface area (Å²) in [4.78, 5) is 10.9. The summed E-state index contributed by atoms with van der Waals surface area (Å²) < 4.78 is 13.2. The maximum atomic E-state index is 13.2. The van der Waals surface area contributed by atoms with E-state index in [0.29, 0.717) is 5.92 Å². The van der Waals surface area contributed by atoms with E-state index >= 15 is 0 Å². The topological polar surface area (TPSA) is 29.0 Å². The quantitative estimate of drug-likeness (QED) is 0.859. The zero-order valence-corrected chi connectivity index (χ0v) is 11.4. The summed E-state index contributed by atoms with van der Waals surface area (Å²) in [6.07, 6.45) is 7.61. The molecule has 0 amide bonds. The number of halogens is 1. The third-order valence-electron chi connectivity index (χ3n) is 3.80. The van der Waals surface area contributed by atoms with Crippen molar-refractivity contribution in [1.82, 2.24) is 14.9 Å². The van der Waals surface area contributed by atoms with Gasteiger partial charge in [0.1, 0.15) is 5.82 Å². The second-order valence-corrected chi connectivity index (χ2v) is 5.33. The van der Waals surface area contributed by atoms with Crippen molar-refractivity contribution in [3.05, 3.63) is 59.9 Å². The normalized spacial score (nSPS) is 19.9. The summed E-state index contributed by atoms with van der Waals surface area (Å²) in [5, 5.41) is 0. The van der Waals surface area contributed by atoms with Crippen LogP contribution in [0.3, 0.4) is 0 Å². The number of benzene rings is 1. The molecule has 0 unspecified atom stereocenters. The van der Waals surface area contributed by atoms with E-state index < -0.39 is 0 Å². The van der Waals surface area contributed by atoms with Crippen molar-refractivity contribution in [2.75, 3.05) is 13.1 Å². The molecule has 1 aliphatic heterocycles. The van der Waals surface area contributed by atoms with Gasteiger partial charge >= 0.3 is 0 Å². The van der Waals surface area contributed by atoms with Crippen LogP contribution < -0.4 is 0 Å². The van der Waals surface area contributed by atoms with Gasteiger partial charge in [0.05, 0.1) is 5.69 Å². The predicted molar refractivity (Wildman–Crippen MR) is 75.7 cm³/mol. The van der Waals surface area contributed by atoms with Gasteiger partial charge in [-0.3, -0.25) is 14.9 Å². The smallest absolute Gasteiger partial charge is 0.123 e. The Hall–Kier alpha value is -1.81. The molecule has 0 saturated carbocycles. The lowest BCUT2D eigenvalue weighted by Gasteiger charge is -2.32. The van der Waals surface area contributed by atoms with E-state index in [4.69, 9.17) is 0 Å². The first kappa shape index (κ1) is 13.2. The van der Waals surface area contributed by atoms with Gasteiger partial charge in [-0.2, -0.15) is 0 Å². The van der Waals surface area contributed by atoms with Crippen molar-refractivity contribution in [1.29, 1.82) is 0 Å². The number of likely N-dealkylation sites (tertiary alicyclic amines) is 1. The number of rotatable bonds is 3. The van der Waals surface area contributed by atoms with Gasteiger partial charge in [-0.05, 0) is 37.1 Å². The molecule has 0 N–H and O–H groups in total. The lowest BCUT2D eigenvalue weighted by atomic mass is 9.94. The van der Waals surface area contributed by atoms with Crippen LogP contribution in [-0.4, -0.2) is 28.0 Å². The van der Waals surface area contributed by atoms with E-state index in [9.17, 15) is 4.39 Å². The summed E-state index contributed by atoms with van der Waals surface area (Å²) in [5.74, 6) is 0.274. The number of nitrogens with zero attached hydrogens (tertiary/aromatic N) is 3. The molecule has 1 aliphatic rings. The minimum Gasteiger partial charge on any atom is -0.298 e. The van der Waals surface area contributed by atoms with Crippen LogP contribution in [0.5, 0.6) is 0 Å². The van der Waals surface area contributed by atoms with E-state index in [1.165, 1.54) is 6.07 Å². The van der Waals surface area contributed by atoms with E-state index in [0.717, 1.165) is 43.7 Å². The summed E-state index contributed by atoms with van der Waals surface area (Å²) in [6.45, 7) is 2.83. The van der Waals surface area contributed by atoms with E-state index in [1.54, 1.807) is 24.5 Å². The van der Waals surface area contributed by atoms with Crippen LogP contribution in [0.4, 0.5) is 4.39 Å². The van der Waals surface area contributed by atoms with Crippen molar-refractivity contribution in [2.24, 2.45) is 0 Å². The number of aromatic nitrogens is 2. The van der Waals surface area contributed by atoms with Crippen LogP contribution in [-0.2, 0) is 6.54 Å². The lowest BCUT2D eigenvalue weighted by molar-refractivity contribution is 0.198. The van der Waals surface area contributed by atoms with Crippen LogP contribution >= 0.6 is 0 Å². The van der Waals surface area contributed by atoms with Crippen LogP contribution in [0.25, 0.3) is 0 Å². The van der Waals surface area contributed by atoms with Gasteiger partial charge in [-0.1, -0.05) is 12.1 Å². The van der Waals surface area contributed by atoms with Gasteiger partial charge < -0.3 is 0 Å². The molecule has 20 heavy (non-hydrogen) atoms. The third kappa shape index (κ3) is 3.20. The summed E-state index contributed by atoms with van der Waals surface area (Å²) >= 11 is 0. The second kappa shape index (κ2) is 6.09. The monoisotopic (exact) mass is 271 g/mol. The summed E-state index contributed by atoms with van der Waals surface area (Å²) in [7, 11) is 0. The minimum absolute atomic E-state index is 0.162. The highest BCUT2D eigenvalue weighted by Crippen LogP contribution is 2.25. The van der Waals surface area contributed by atoms with E-state index in [-0.39, 0.29) is 5.82 Å². The van der Waals surface area contributed by atoms with Crippen molar-refractivity contribution < 1.29 is 4.39 Å². The van der Waals surface area contributed by atoms with Crippen LogP contribution in [0, 0.1) is 5.82 Å². The number of hydrogen-bond donors (Lipinski definition) is 0. The second-order valence-electron chi connectivity index (χ2n) is 5.33. The van der Waals surface area contributed by atoms with Gasteiger partial charge in [0.2, 0.25) is 0 Å². The fourth-order valence-electron chi connectivity index (χ4n) is 2.86. The standard InChI is InChI=1S/C16H18FN3/c17-15-5-1-3-13(9-15)11-20-8-2-4-14(12-20)16-10-18-6-7-19-16/h1,3,5-7,9-10,14H,2,4,8,11-12H2/t14-/m1/s1. The van der Waals surface area contributed by atoms with E-state index in [2.05, 4.69) is 14.9 Å². The maximum Gasteiger partial charge on any atom is 0.123 e. The Morgan fingerprint density at radius 1 is 1.30 bits per heavy atom. The third-order valence-corrected chi connectivity index (χ3v) is 3.80. The predicted octanol–water partition coefficient (Wildman–Crippen LogP) is 3.00. The zero-order valence-electron chi connectivity index (χ0n) is 11.4. The molecule has 2 aromatic rings. The van der Waals surface area contributed by atoms with Gasteiger partial charge in [0, 0.05) is 37.6 Å². The Kier molecular flexibility index (Phi) is 4.02. The Morgan fingerprint density at radius 3 is 3.05 bits per heavy atom. The van der Waals surface area contributed by atoms with Crippen molar-refractivity contribution in [3.63, 3.8) is 0 Å². The number of hydrogen-bond acceptors (Lipinski definition) is 3. The fourth-order valence-corrected chi connectivity index (χ4v) is 2.86. The highest BCUT2D eigenvalue weighted by Gasteiger charge is 2.22. The lowest BCUT2D eigenvalue weighted by Crippen LogP contribution is -2.34. The maximum absolute atomic E-state index is 13.2. The molecule has 2 heterocycles. The average Bonchev–Trinajstić information content (AvgIpc) is 2.48. The molecule has 1 atom stereocenters.